The van der Waals surface area contributed by atoms with Crippen molar-refractivity contribution >= 4 is 36.6 Å². The summed E-state index contributed by atoms with van der Waals surface area (Å²) >= 11 is 0. The van der Waals surface area contributed by atoms with Gasteiger partial charge >= 0.3 is 0 Å². The maximum atomic E-state index is 6.16. The van der Waals surface area contributed by atoms with Crippen LogP contribution in [0.25, 0.3) is 11.0 Å². The lowest BCUT2D eigenvalue weighted by Crippen LogP contribution is -2.38. The normalized spacial score (nSPS) is 18.8. The first-order chi connectivity index (χ1) is 16.9. The molecular weight excluding hydrogens is 456 g/mol. The van der Waals surface area contributed by atoms with Gasteiger partial charge in [0.15, 0.2) is 0 Å². The Morgan fingerprint density at radius 1 is 1.17 bits per heavy atom. The van der Waals surface area contributed by atoms with Crippen LogP contribution in [-0.2, 0) is 18.0 Å². The summed E-state index contributed by atoms with van der Waals surface area (Å²) < 4.78 is 10.2. The molecule has 1 saturated carbocycles. The van der Waals surface area contributed by atoms with Crippen LogP contribution in [0.5, 0.6) is 0 Å². The van der Waals surface area contributed by atoms with E-state index in [9.17, 15) is 0 Å². The first-order valence-corrected chi connectivity index (χ1v) is 16.9. The Morgan fingerprint density at radius 3 is 2.71 bits per heavy atom. The third-order valence-electron chi connectivity index (χ3n) is 6.84. The summed E-state index contributed by atoms with van der Waals surface area (Å²) in [4.78, 5) is 9.99. The van der Waals surface area contributed by atoms with Crippen LogP contribution in [0.4, 0.5) is 17.5 Å². The topological polar surface area (TPSA) is 93.9 Å². The smallest absolute Gasteiger partial charge is 0.231 e. The molecule has 1 saturated heterocycles. The number of piperidine rings is 1. The molecule has 10 heteroatoms. The van der Waals surface area contributed by atoms with Crippen LogP contribution >= 0.6 is 0 Å². The summed E-state index contributed by atoms with van der Waals surface area (Å²) in [7, 11) is -1.13. The van der Waals surface area contributed by atoms with Gasteiger partial charge in [0.25, 0.3) is 0 Å². The van der Waals surface area contributed by atoms with Crippen LogP contribution in [0.2, 0.25) is 25.7 Å². The number of hydrogen-bond acceptors (Lipinski definition) is 7. The third kappa shape index (κ3) is 6.04. The van der Waals surface area contributed by atoms with Gasteiger partial charge in [0, 0.05) is 46.2 Å². The van der Waals surface area contributed by atoms with E-state index in [1.54, 1.807) is 0 Å². The van der Waals surface area contributed by atoms with Crippen molar-refractivity contribution in [3.63, 3.8) is 0 Å². The molecule has 3 aromatic rings. The zero-order valence-electron chi connectivity index (χ0n) is 21.6. The van der Waals surface area contributed by atoms with E-state index in [1.807, 2.05) is 17.1 Å². The van der Waals surface area contributed by atoms with Crippen LogP contribution < -0.4 is 16.0 Å². The molecule has 2 fully saturated rings. The molecule has 1 aliphatic carbocycles. The van der Waals surface area contributed by atoms with E-state index in [1.165, 1.54) is 24.8 Å². The molecule has 190 valence electrons. The van der Waals surface area contributed by atoms with E-state index in [4.69, 9.17) is 14.7 Å². The molecule has 1 unspecified atom stereocenters. The molecule has 9 nitrogen and oxygen atoms in total. The Hall–Kier alpha value is -2.43. The zero-order valence-corrected chi connectivity index (χ0v) is 22.6. The highest BCUT2D eigenvalue weighted by Crippen LogP contribution is 2.45. The molecule has 1 aliphatic heterocycles. The lowest BCUT2D eigenvalue weighted by Gasteiger charge is -2.25. The summed E-state index contributed by atoms with van der Waals surface area (Å²) in [5.74, 6) is 2.11. The number of nitrogens with zero attached hydrogens (tertiary/aromatic N) is 5. The van der Waals surface area contributed by atoms with Gasteiger partial charge in [-0.25, -0.2) is 0 Å². The van der Waals surface area contributed by atoms with E-state index in [2.05, 4.69) is 58.4 Å². The van der Waals surface area contributed by atoms with Gasteiger partial charge in [-0.15, -0.1) is 0 Å². The minimum absolute atomic E-state index is 0.362. The summed E-state index contributed by atoms with van der Waals surface area (Å²) in [5, 5.41) is 16.2. The van der Waals surface area contributed by atoms with Gasteiger partial charge in [-0.3, -0.25) is 4.68 Å². The fraction of sp³-hybridized carbons (Fsp3) is 0.640. The standard InChI is InChI=1S/C25H40N8OSi/c1-5-33-15-20(14-27-33)29-25-30-23(28-19-7-6-10-26-13-19)22-21(18-8-9-18)16-32(24(22)31-25)17-34-11-12-35(2,3)4/h14-16,18-19,26H,5-13,17H2,1-4H3,(H2,28,29,30,31). The average Bonchev–Trinajstić information content (AvgIpc) is 3.46. The fourth-order valence-electron chi connectivity index (χ4n) is 4.62. The molecule has 0 amide bonds. The number of ether oxygens (including phenoxy) is 1. The zero-order chi connectivity index (χ0) is 24.4. The predicted molar refractivity (Wildman–Crippen MR) is 144 cm³/mol. The highest BCUT2D eigenvalue weighted by atomic mass is 28.3. The minimum atomic E-state index is -1.13. The second-order valence-electron chi connectivity index (χ2n) is 11.2. The Labute approximate surface area is 209 Å². The predicted octanol–water partition coefficient (Wildman–Crippen LogP) is 4.74. The lowest BCUT2D eigenvalue weighted by atomic mass is 10.1. The Bertz CT molecular complexity index is 1140. The van der Waals surface area contributed by atoms with E-state index in [0.29, 0.717) is 24.6 Å². The Balaban J connectivity index is 1.48. The van der Waals surface area contributed by atoms with Gasteiger partial charge in [0.2, 0.25) is 5.95 Å². The van der Waals surface area contributed by atoms with Crippen molar-refractivity contribution in [2.24, 2.45) is 0 Å². The van der Waals surface area contributed by atoms with Crippen molar-refractivity contribution in [3.8, 4) is 0 Å². The summed E-state index contributed by atoms with van der Waals surface area (Å²) in [6, 6.07) is 1.52. The van der Waals surface area contributed by atoms with Gasteiger partial charge in [-0.2, -0.15) is 15.1 Å². The van der Waals surface area contributed by atoms with Crippen LogP contribution in [0.1, 0.15) is 44.1 Å². The van der Waals surface area contributed by atoms with Crippen LogP contribution in [0.15, 0.2) is 18.6 Å². The molecule has 0 radical (unpaired) electrons. The second kappa shape index (κ2) is 10.3. The van der Waals surface area contributed by atoms with E-state index >= 15 is 0 Å². The molecular formula is C25H40N8OSi. The molecule has 5 rings (SSSR count). The Morgan fingerprint density at radius 2 is 2.03 bits per heavy atom. The van der Waals surface area contributed by atoms with Crippen LogP contribution in [0.3, 0.4) is 0 Å². The fourth-order valence-corrected chi connectivity index (χ4v) is 5.38. The van der Waals surface area contributed by atoms with E-state index < -0.39 is 8.07 Å². The van der Waals surface area contributed by atoms with Crippen molar-refractivity contribution in [2.45, 2.75) is 83.5 Å². The van der Waals surface area contributed by atoms with E-state index in [0.717, 1.165) is 61.2 Å². The molecule has 3 N–H and O–H groups in total. The van der Waals surface area contributed by atoms with Crippen LogP contribution in [-0.4, -0.2) is 58.1 Å². The first kappa shape index (κ1) is 24.3. The monoisotopic (exact) mass is 496 g/mol. The van der Waals surface area contributed by atoms with Crippen LogP contribution in [0, 0.1) is 0 Å². The quantitative estimate of drug-likeness (QED) is 0.261. The molecule has 4 heterocycles. The number of rotatable bonds is 11. The van der Waals surface area contributed by atoms with Crippen molar-refractivity contribution in [2.75, 3.05) is 30.3 Å². The molecule has 3 aromatic heterocycles. The molecule has 0 spiro atoms. The first-order valence-electron chi connectivity index (χ1n) is 13.1. The Kier molecular flexibility index (Phi) is 7.13. The van der Waals surface area contributed by atoms with Gasteiger partial charge in [0.1, 0.15) is 18.2 Å². The maximum absolute atomic E-state index is 6.16. The SMILES string of the molecule is CCn1cc(Nc2nc(NC3CCCNC3)c3c(C4CC4)cn(COCC[Si](C)(C)C)c3n2)cn1. The molecule has 2 aliphatic rings. The van der Waals surface area contributed by atoms with Gasteiger partial charge in [-0.1, -0.05) is 19.6 Å². The number of aryl methyl sites for hydroxylation is 1. The van der Waals surface area contributed by atoms with Gasteiger partial charge in [0.05, 0.1) is 17.3 Å². The summed E-state index contributed by atoms with van der Waals surface area (Å²) in [6.45, 7) is 13.4. The third-order valence-corrected chi connectivity index (χ3v) is 8.54. The number of hydrogen-bond donors (Lipinski definition) is 3. The molecule has 1 atom stereocenters. The number of fused-ring (bicyclic) bond motifs is 1. The molecule has 35 heavy (non-hydrogen) atoms. The minimum Gasteiger partial charge on any atom is -0.365 e. The van der Waals surface area contributed by atoms with Crippen molar-refractivity contribution < 1.29 is 4.74 Å². The lowest BCUT2D eigenvalue weighted by molar-refractivity contribution is 0.0898. The highest BCUT2D eigenvalue weighted by molar-refractivity contribution is 6.76. The number of aromatic nitrogens is 5. The number of anilines is 3. The molecule has 0 aromatic carbocycles. The highest BCUT2D eigenvalue weighted by Gasteiger charge is 2.30. The van der Waals surface area contributed by atoms with Gasteiger partial charge in [-0.05, 0) is 56.7 Å². The average molecular weight is 497 g/mol. The van der Waals surface area contributed by atoms with Gasteiger partial charge < -0.3 is 25.3 Å². The summed E-state index contributed by atoms with van der Waals surface area (Å²) in [5.41, 5.74) is 3.18. The largest absolute Gasteiger partial charge is 0.365 e. The second-order valence-corrected chi connectivity index (χ2v) is 16.8. The maximum Gasteiger partial charge on any atom is 0.231 e. The van der Waals surface area contributed by atoms with Crippen molar-refractivity contribution in [1.29, 1.82) is 0 Å². The van der Waals surface area contributed by atoms with Crippen molar-refractivity contribution in [1.82, 2.24) is 29.6 Å². The number of nitrogens with one attached hydrogen (secondary N) is 3. The van der Waals surface area contributed by atoms with Crippen molar-refractivity contribution in [3.05, 3.63) is 24.2 Å². The summed E-state index contributed by atoms with van der Waals surface area (Å²) in [6.07, 6.45) is 10.9. The van der Waals surface area contributed by atoms with E-state index in [-0.39, 0.29) is 0 Å². The molecule has 0 bridgehead atoms.